The fourth-order valence-electron chi connectivity index (χ4n) is 6.65. The highest BCUT2D eigenvalue weighted by Crippen LogP contribution is 2.31. The number of halogens is 1. The van der Waals surface area contributed by atoms with Gasteiger partial charge in [-0.25, -0.2) is 15.1 Å². The molecule has 0 unspecified atom stereocenters. The summed E-state index contributed by atoms with van der Waals surface area (Å²) >= 11 is 12.0. The molecule has 0 aliphatic rings. The van der Waals surface area contributed by atoms with Crippen LogP contribution in [0.1, 0.15) is 61.6 Å². The molecule has 390 valence electrons. The minimum absolute atomic E-state index is 0.133. The first-order valence-electron chi connectivity index (χ1n) is 23.3. The standard InChI is InChI=1S/C20H22N4O3S.C17H17N5OS2.C16H13ClN4OS/c1-3-26-17-9-8-16(11-18(17)27-4-2)23-19(25)15-7-5-6-14(10-15)12-28-20-21-13-22-24-20;1-24-14-7-5-13(6-8-14)19-15(23)12-4-2-3-11(9-12)10-25-17-20-16(18)21-22-17;17-13-4-6-14(7-5-13)20-15(22)12-3-1-2-11(8-12)9-23-16-18-10-19-21-16/h5-11,13H,3-4,12H2,1-2H3,(H,23,25)(H,21,22,24);2-9H,10H2,1H3,(H,19,23)(H3,18,20,21,22);1-8,10H,9H2,(H,20,22)(H,18,19,21). The van der Waals surface area contributed by atoms with Gasteiger partial charge in [0.25, 0.3) is 17.7 Å². The molecule has 0 spiro atoms. The molecular formula is C53H52ClN13O5S4. The van der Waals surface area contributed by atoms with Crippen molar-refractivity contribution in [1.82, 2.24) is 45.5 Å². The first-order chi connectivity index (χ1) is 37.0. The molecule has 3 amide bonds. The number of nitrogens with one attached hydrogen (secondary N) is 6. The zero-order valence-corrected chi connectivity index (χ0v) is 45.3. The van der Waals surface area contributed by atoms with Crippen LogP contribution in [0.2, 0.25) is 5.02 Å². The second kappa shape index (κ2) is 29.4. The van der Waals surface area contributed by atoms with E-state index in [0.29, 0.717) is 86.2 Å². The zero-order chi connectivity index (χ0) is 53.5. The van der Waals surface area contributed by atoms with Gasteiger partial charge in [-0.1, -0.05) is 83.3 Å². The summed E-state index contributed by atoms with van der Waals surface area (Å²) in [5.74, 6) is 3.14. The Bertz CT molecular complexity index is 3260. The summed E-state index contributed by atoms with van der Waals surface area (Å²) in [7, 11) is 0. The van der Waals surface area contributed by atoms with E-state index in [1.54, 1.807) is 72.4 Å². The van der Waals surface area contributed by atoms with Crippen LogP contribution in [-0.2, 0) is 17.3 Å². The van der Waals surface area contributed by atoms with E-state index >= 15 is 0 Å². The van der Waals surface area contributed by atoms with Crippen LogP contribution in [0.5, 0.6) is 11.5 Å². The summed E-state index contributed by atoms with van der Waals surface area (Å²) in [6.07, 6.45) is 4.96. The van der Waals surface area contributed by atoms with E-state index in [1.165, 1.54) is 47.9 Å². The highest BCUT2D eigenvalue weighted by molar-refractivity contribution is 7.99. The van der Waals surface area contributed by atoms with Gasteiger partial charge >= 0.3 is 0 Å². The first kappa shape index (κ1) is 56.0. The van der Waals surface area contributed by atoms with Crippen LogP contribution >= 0.6 is 58.6 Å². The van der Waals surface area contributed by atoms with Crippen LogP contribution in [0.25, 0.3) is 0 Å². The largest absolute Gasteiger partial charge is 0.490 e. The molecule has 0 saturated carbocycles. The number of H-pyrrole nitrogens is 3. The Labute approximate surface area is 460 Å². The SMILES string of the molecule is CCOc1ccc(NC(=O)c2cccc(CSc3ncn[nH]3)c2)cc1OCC.CSc1ccc(NC(=O)c2cccc(CSc3n[nH]c(N)n3)c2)cc1.O=C(Nc1ccc(Cl)cc1)c1cccc(CSc2ncn[nH]2)c1. The van der Waals surface area contributed by atoms with Crippen LogP contribution in [0, 0.1) is 0 Å². The predicted octanol–water partition coefficient (Wildman–Crippen LogP) is 11.8. The molecule has 9 rings (SSSR count). The summed E-state index contributed by atoms with van der Waals surface area (Å²) in [4.78, 5) is 50.7. The number of anilines is 4. The van der Waals surface area contributed by atoms with Crippen LogP contribution in [0.4, 0.5) is 23.0 Å². The minimum Gasteiger partial charge on any atom is -0.490 e. The monoisotopic (exact) mass is 1110 g/mol. The van der Waals surface area contributed by atoms with Crippen LogP contribution < -0.4 is 31.2 Å². The third-order valence-corrected chi connectivity index (χ3v) is 14.0. The van der Waals surface area contributed by atoms with Crippen LogP contribution in [0.15, 0.2) is 173 Å². The van der Waals surface area contributed by atoms with Crippen molar-refractivity contribution in [1.29, 1.82) is 0 Å². The lowest BCUT2D eigenvalue weighted by atomic mass is 10.1. The second-order valence-electron chi connectivity index (χ2n) is 15.7. The molecule has 9 aromatic rings. The Balaban J connectivity index is 0.000000167. The molecule has 0 radical (unpaired) electrons. The summed E-state index contributed by atoms with van der Waals surface area (Å²) in [5.41, 5.74) is 12.5. The van der Waals surface area contributed by atoms with Gasteiger partial charge in [0.15, 0.2) is 21.8 Å². The number of aromatic amines is 3. The van der Waals surface area contributed by atoms with Crippen molar-refractivity contribution in [3.63, 3.8) is 0 Å². The second-order valence-corrected chi connectivity index (χ2v) is 19.9. The van der Waals surface area contributed by atoms with Crippen molar-refractivity contribution in [3.05, 3.63) is 191 Å². The molecule has 18 nitrogen and oxygen atoms in total. The van der Waals surface area contributed by atoms with E-state index < -0.39 is 0 Å². The van der Waals surface area contributed by atoms with Crippen molar-refractivity contribution in [2.45, 2.75) is 51.5 Å². The lowest BCUT2D eigenvalue weighted by Crippen LogP contribution is -2.12. The Morgan fingerprint density at radius 3 is 1.47 bits per heavy atom. The number of benzene rings is 6. The van der Waals surface area contributed by atoms with E-state index in [0.717, 1.165) is 37.6 Å². The number of thioether (sulfide) groups is 4. The van der Waals surface area contributed by atoms with Crippen molar-refractivity contribution in [2.24, 2.45) is 0 Å². The summed E-state index contributed by atoms with van der Waals surface area (Å²) in [6.45, 7) is 4.88. The summed E-state index contributed by atoms with van der Waals surface area (Å²) in [6, 6.07) is 42.7. The van der Waals surface area contributed by atoms with Crippen molar-refractivity contribution < 1.29 is 23.9 Å². The quantitative estimate of drug-likeness (QED) is 0.0350. The van der Waals surface area contributed by atoms with Crippen molar-refractivity contribution >= 4 is 99.4 Å². The van der Waals surface area contributed by atoms with Gasteiger partial charge in [0.2, 0.25) is 11.1 Å². The maximum atomic E-state index is 12.7. The van der Waals surface area contributed by atoms with Gasteiger partial charge in [0, 0.05) is 67.0 Å². The van der Waals surface area contributed by atoms with Gasteiger partial charge in [0.05, 0.1) is 13.2 Å². The van der Waals surface area contributed by atoms with Crippen LogP contribution in [0.3, 0.4) is 0 Å². The Kier molecular flexibility index (Phi) is 21.6. The normalized spacial score (nSPS) is 10.5. The Hall–Kier alpha value is -7.76. The highest BCUT2D eigenvalue weighted by Gasteiger charge is 2.13. The predicted molar refractivity (Wildman–Crippen MR) is 304 cm³/mol. The number of amides is 3. The number of carbonyl (C=O) groups is 3. The molecule has 23 heteroatoms. The van der Waals surface area contributed by atoms with Gasteiger partial charge in [-0.3, -0.25) is 24.6 Å². The summed E-state index contributed by atoms with van der Waals surface area (Å²) < 4.78 is 11.2. The lowest BCUT2D eigenvalue weighted by molar-refractivity contribution is 0.101. The number of carbonyl (C=O) groups excluding carboxylic acids is 3. The molecule has 76 heavy (non-hydrogen) atoms. The third kappa shape index (κ3) is 18.0. The topological polar surface area (TPSA) is 256 Å². The average molecular weight is 1110 g/mol. The molecule has 0 atom stereocenters. The number of nitrogen functional groups attached to an aromatic ring is 1. The molecule has 3 heterocycles. The van der Waals surface area contributed by atoms with Gasteiger partial charge in [0.1, 0.15) is 12.7 Å². The minimum atomic E-state index is -0.182. The zero-order valence-electron chi connectivity index (χ0n) is 41.3. The Morgan fingerprint density at radius 1 is 0.566 bits per heavy atom. The molecule has 0 aliphatic heterocycles. The fourth-order valence-corrected chi connectivity index (χ4v) is 9.38. The number of rotatable bonds is 20. The number of aromatic nitrogens is 9. The maximum Gasteiger partial charge on any atom is 0.255 e. The van der Waals surface area contributed by atoms with Gasteiger partial charge in [-0.15, -0.1) is 16.9 Å². The molecule has 3 aromatic heterocycles. The van der Waals surface area contributed by atoms with E-state index in [-0.39, 0.29) is 17.7 Å². The summed E-state index contributed by atoms with van der Waals surface area (Å²) in [5, 5.41) is 31.2. The molecular weight excluding hydrogens is 1060 g/mol. The van der Waals surface area contributed by atoms with E-state index in [1.807, 2.05) is 99.0 Å². The van der Waals surface area contributed by atoms with E-state index in [9.17, 15) is 14.4 Å². The molecule has 0 aliphatic carbocycles. The molecule has 0 fully saturated rings. The van der Waals surface area contributed by atoms with Crippen molar-refractivity contribution in [2.75, 3.05) is 41.2 Å². The number of nitrogens with zero attached hydrogens (tertiary/aromatic N) is 6. The highest BCUT2D eigenvalue weighted by atomic mass is 35.5. The Morgan fingerprint density at radius 2 is 1.03 bits per heavy atom. The molecule has 0 saturated heterocycles. The lowest BCUT2D eigenvalue weighted by Gasteiger charge is -2.13. The van der Waals surface area contributed by atoms with Crippen molar-refractivity contribution in [3.8, 4) is 11.5 Å². The van der Waals surface area contributed by atoms with Gasteiger partial charge in [-0.2, -0.15) is 15.2 Å². The molecule has 8 N–H and O–H groups in total. The van der Waals surface area contributed by atoms with Gasteiger partial charge in [-0.05, 0) is 134 Å². The van der Waals surface area contributed by atoms with Crippen LogP contribution in [-0.4, -0.2) is 82.7 Å². The number of hydrogen-bond acceptors (Lipinski definition) is 16. The number of hydrogen-bond donors (Lipinski definition) is 7. The number of nitrogens with two attached hydrogens (primary N) is 1. The first-order valence-corrected chi connectivity index (χ1v) is 27.9. The molecule has 0 bridgehead atoms. The van der Waals surface area contributed by atoms with Gasteiger partial charge < -0.3 is 31.2 Å². The van der Waals surface area contributed by atoms with E-state index in [4.69, 9.17) is 26.8 Å². The van der Waals surface area contributed by atoms with E-state index in [2.05, 4.69) is 61.5 Å². The number of ether oxygens (including phenoxy) is 2. The average Bonchev–Trinajstić information content (AvgIpc) is 4.27. The molecule has 6 aromatic carbocycles. The third-order valence-electron chi connectivity index (χ3n) is 10.2. The smallest absolute Gasteiger partial charge is 0.255 e. The fraction of sp³-hybridized carbons (Fsp3) is 0.151. The maximum absolute atomic E-state index is 12.7.